The number of ether oxygens (including phenoxy) is 2. The predicted molar refractivity (Wildman–Crippen MR) is 165 cm³/mol. The van der Waals surface area contributed by atoms with E-state index in [4.69, 9.17) is 19.4 Å². The van der Waals surface area contributed by atoms with Gasteiger partial charge in [0.05, 0.1) is 24.5 Å². The molecule has 43 heavy (non-hydrogen) atoms. The molecule has 1 saturated heterocycles. The van der Waals surface area contributed by atoms with Crippen molar-refractivity contribution in [1.29, 1.82) is 0 Å². The molecule has 2 aromatic heterocycles. The number of aromatic nitrogens is 3. The third-order valence-corrected chi connectivity index (χ3v) is 11.6. The van der Waals surface area contributed by atoms with Crippen molar-refractivity contribution in [2.45, 2.75) is 48.2 Å². The number of amides is 1. The molecule has 4 atom stereocenters. The minimum Gasteiger partial charge on any atom is -0.410 e. The average Bonchev–Trinajstić information content (AvgIpc) is 3.69. The van der Waals surface area contributed by atoms with Crippen molar-refractivity contribution >= 4 is 38.8 Å². The van der Waals surface area contributed by atoms with E-state index in [1.807, 2.05) is 31.2 Å². The standard InChI is InChI=1S/C31H33N5O5S2/c1-20-16-23(17-27(20)43(38,39)31-32-12-15-42-31)26-18-28(36-13-14-40-19-21(36)2)35-29(34-26)22-8-10-24(11-9-22)33-30(37)41-25-6-4-3-5-7-25/h3-12,15,18,20-21,23,27H,13-14,16-17,19H2,1-2H3,(H,33,37)/t20?,21-,23?,27?/m0/s1. The lowest BCUT2D eigenvalue weighted by Crippen LogP contribution is -2.44. The van der Waals surface area contributed by atoms with Gasteiger partial charge in [0.25, 0.3) is 0 Å². The Hall–Kier alpha value is -3.87. The number of hydrogen-bond donors (Lipinski definition) is 1. The summed E-state index contributed by atoms with van der Waals surface area (Å²) in [7, 11) is -3.53. The van der Waals surface area contributed by atoms with Crippen LogP contribution in [-0.4, -0.2) is 60.5 Å². The van der Waals surface area contributed by atoms with Crippen LogP contribution in [0.3, 0.4) is 0 Å². The summed E-state index contributed by atoms with van der Waals surface area (Å²) in [5, 5.41) is 3.92. The first-order chi connectivity index (χ1) is 20.8. The molecule has 3 unspecified atom stereocenters. The van der Waals surface area contributed by atoms with E-state index < -0.39 is 21.2 Å². The molecular weight excluding hydrogens is 587 g/mol. The second-order valence-corrected chi connectivity index (χ2v) is 14.3. The summed E-state index contributed by atoms with van der Waals surface area (Å²) in [4.78, 5) is 28.6. The third-order valence-electron chi connectivity index (χ3n) is 8.02. The number of carbonyl (C=O) groups is 1. The normalized spacial score (nSPS) is 22.3. The van der Waals surface area contributed by atoms with Crippen molar-refractivity contribution in [3.05, 3.63) is 77.9 Å². The Morgan fingerprint density at radius 3 is 2.58 bits per heavy atom. The Balaban J connectivity index is 1.27. The average molecular weight is 620 g/mol. The highest BCUT2D eigenvalue weighted by Crippen LogP contribution is 2.44. The van der Waals surface area contributed by atoms with Gasteiger partial charge in [-0.1, -0.05) is 25.1 Å². The van der Waals surface area contributed by atoms with E-state index in [-0.39, 0.29) is 22.2 Å². The molecule has 1 amide bonds. The van der Waals surface area contributed by atoms with Gasteiger partial charge in [-0.2, -0.15) is 0 Å². The van der Waals surface area contributed by atoms with Crippen LogP contribution in [0, 0.1) is 5.92 Å². The number of para-hydroxylation sites is 1. The Labute approximate surface area is 255 Å². The van der Waals surface area contributed by atoms with Crippen LogP contribution < -0.4 is 15.0 Å². The van der Waals surface area contributed by atoms with Crippen LogP contribution in [0.1, 0.15) is 38.3 Å². The van der Waals surface area contributed by atoms with E-state index >= 15 is 0 Å². The zero-order chi connectivity index (χ0) is 30.0. The lowest BCUT2D eigenvalue weighted by molar-refractivity contribution is 0.0985. The second kappa shape index (κ2) is 12.4. The zero-order valence-corrected chi connectivity index (χ0v) is 25.6. The van der Waals surface area contributed by atoms with Gasteiger partial charge in [-0.15, -0.1) is 11.3 Å². The number of rotatable bonds is 7. The summed E-state index contributed by atoms with van der Waals surface area (Å²) in [6.45, 7) is 6.00. The molecule has 12 heteroatoms. The Bertz CT molecular complexity index is 1670. The summed E-state index contributed by atoms with van der Waals surface area (Å²) in [6, 6.07) is 18.3. The fourth-order valence-electron chi connectivity index (χ4n) is 5.81. The lowest BCUT2D eigenvalue weighted by atomic mass is 10.0. The van der Waals surface area contributed by atoms with Gasteiger partial charge < -0.3 is 14.4 Å². The first kappa shape index (κ1) is 29.2. The topological polar surface area (TPSA) is 124 Å². The minimum absolute atomic E-state index is 0.0379. The van der Waals surface area contributed by atoms with E-state index in [1.165, 1.54) is 6.20 Å². The van der Waals surface area contributed by atoms with Crippen LogP contribution in [0.15, 0.2) is 76.6 Å². The molecule has 3 heterocycles. The van der Waals surface area contributed by atoms with Crippen LogP contribution in [0.25, 0.3) is 11.4 Å². The van der Waals surface area contributed by atoms with E-state index in [0.29, 0.717) is 49.9 Å². The van der Waals surface area contributed by atoms with Crippen LogP contribution in [0.4, 0.5) is 16.3 Å². The Kier molecular flexibility index (Phi) is 8.42. The highest BCUT2D eigenvalue weighted by atomic mass is 32.2. The summed E-state index contributed by atoms with van der Waals surface area (Å²) in [6.07, 6.45) is 2.13. The molecule has 4 aromatic rings. The van der Waals surface area contributed by atoms with Gasteiger partial charge in [0.1, 0.15) is 11.6 Å². The van der Waals surface area contributed by atoms with E-state index in [9.17, 15) is 13.2 Å². The van der Waals surface area contributed by atoms with Gasteiger partial charge in [-0.3, -0.25) is 5.32 Å². The smallest absolute Gasteiger partial charge is 0.410 e. The molecule has 2 aliphatic rings. The number of nitrogens with one attached hydrogen (secondary N) is 1. The summed E-state index contributed by atoms with van der Waals surface area (Å²) >= 11 is 1.16. The number of carbonyl (C=O) groups excluding carboxylic acids is 1. The molecular formula is C31H33N5O5S2. The number of morpholine rings is 1. The van der Waals surface area contributed by atoms with E-state index in [1.54, 1.807) is 41.8 Å². The minimum atomic E-state index is -3.53. The maximum Gasteiger partial charge on any atom is 0.417 e. The molecule has 0 bridgehead atoms. The van der Waals surface area contributed by atoms with Gasteiger partial charge in [-0.25, -0.2) is 28.2 Å². The molecule has 1 aliphatic heterocycles. The number of sulfone groups is 1. The number of hydrogen-bond acceptors (Lipinski definition) is 10. The molecule has 2 aromatic carbocycles. The fourth-order valence-corrected chi connectivity index (χ4v) is 8.92. The monoisotopic (exact) mass is 619 g/mol. The van der Waals surface area contributed by atoms with Gasteiger partial charge in [0.15, 0.2) is 5.82 Å². The Morgan fingerprint density at radius 1 is 1.07 bits per heavy atom. The van der Waals surface area contributed by atoms with Crippen LogP contribution >= 0.6 is 11.3 Å². The molecule has 6 rings (SSSR count). The predicted octanol–water partition coefficient (Wildman–Crippen LogP) is 5.79. The quantitative estimate of drug-likeness (QED) is 0.274. The third kappa shape index (κ3) is 6.41. The fraction of sp³-hybridized carbons (Fsp3) is 0.355. The maximum absolute atomic E-state index is 13.4. The van der Waals surface area contributed by atoms with E-state index in [0.717, 1.165) is 28.4 Å². The van der Waals surface area contributed by atoms with Gasteiger partial charge in [0.2, 0.25) is 14.2 Å². The Morgan fingerprint density at radius 2 is 1.86 bits per heavy atom. The summed E-state index contributed by atoms with van der Waals surface area (Å²) < 4.78 is 38.0. The molecule has 2 fully saturated rings. The molecule has 224 valence electrons. The summed E-state index contributed by atoms with van der Waals surface area (Å²) in [5.74, 6) is 1.71. The molecule has 1 aliphatic carbocycles. The van der Waals surface area contributed by atoms with Crippen LogP contribution in [0.5, 0.6) is 5.75 Å². The first-order valence-corrected chi connectivity index (χ1v) is 16.7. The summed E-state index contributed by atoms with van der Waals surface area (Å²) in [5.41, 5.74) is 2.18. The van der Waals surface area contributed by atoms with E-state index in [2.05, 4.69) is 22.1 Å². The van der Waals surface area contributed by atoms with Crippen molar-refractivity contribution < 1.29 is 22.7 Å². The van der Waals surface area contributed by atoms with Gasteiger partial charge >= 0.3 is 6.09 Å². The molecule has 1 N–H and O–H groups in total. The van der Waals surface area contributed by atoms with Gasteiger partial charge in [-0.05, 0) is 62.1 Å². The van der Waals surface area contributed by atoms with Crippen LogP contribution in [-0.2, 0) is 14.6 Å². The lowest BCUT2D eigenvalue weighted by Gasteiger charge is -2.34. The zero-order valence-electron chi connectivity index (χ0n) is 23.9. The molecule has 10 nitrogen and oxygen atoms in total. The van der Waals surface area contributed by atoms with Crippen molar-refractivity contribution in [2.75, 3.05) is 30.0 Å². The van der Waals surface area contributed by atoms with Gasteiger partial charge in [0, 0.05) is 47.1 Å². The molecule has 0 radical (unpaired) electrons. The van der Waals surface area contributed by atoms with Crippen molar-refractivity contribution in [3.63, 3.8) is 0 Å². The number of anilines is 2. The highest BCUT2D eigenvalue weighted by Gasteiger charge is 2.43. The number of nitrogens with zero attached hydrogens (tertiary/aromatic N) is 4. The van der Waals surface area contributed by atoms with Crippen LogP contribution in [0.2, 0.25) is 0 Å². The SMILES string of the molecule is CC1CC(c2cc(N3CCOC[C@@H]3C)nc(-c3ccc(NC(=O)Oc4ccccc4)cc3)n2)CC1S(=O)(=O)c1nccs1. The van der Waals surface area contributed by atoms with Crippen molar-refractivity contribution in [1.82, 2.24) is 15.0 Å². The largest absolute Gasteiger partial charge is 0.417 e. The first-order valence-electron chi connectivity index (χ1n) is 14.3. The van der Waals surface area contributed by atoms with Crippen molar-refractivity contribution in [2.24, 2.45) is 5.92 Å². The number of thiazole rings is 1. The van der Waals surface area contributed by atoms with Crippen molar-refractivity contribution in [3.8, 4) is 17.1 Å². The molecule has 0 spiro atoms. The maximum atomic E-state index is 13.4. The number of benzene rings is 2. The highest BCUT2D eigenvalue weighted by molar-refractivity contribution is 7.93. The molecule has 1 saturated carbocycles. The second-order valence-electron chi connectivity index (χ2n) is 11.0.